The summed E-state index contributed by atoms with van der Waals surface area (Å²) < 4.78 is 6.31. The van der Waals surface area contributed by atoms with Crippen molar-refractivity contribution in [3.8, 4) is 11.5 Å². The maximum absolute atomic E-state index is 11.5. The number of piperazine rings is 1. The summed E-state index contributed by atoms with van der Waals surface area (Å²) >= 11 is 6.23. The molecular formula is C25H30ClN3O3. The van der Waals surface area contributed by atoms with Crippen LogP contribution in [0.25, 0.3) is 0 Å². The van der Waals surface area contributed by atoms with Gasteiger partial charge in [0.25, 0.3) is 0 Å². The van der Waals surface area contributed by atoms with Gasteiger partial charge in [-0.25, -0.2) is 4.99 Å². The van der Waals surface area contributed by atoms with Crippen LogP contribution in [0.5, 0.6) is 11.5 Å². The molecule has 1 saturated heterocycles. The number of carbonyl (C=O) groups is 1. The van der Waals surface area contributed by atoms with Crippen molar-refractivity contribution in [1.29, 1.82) is 0 Å². The summed E-state index contributed by atoms with van der Waals surface area (Å²) in [5.41, 5.74) is 2.14. The summed E-state index contributed by atoms with van der Waals surface area (Å²) in [7, 11) is 0. The molecule has 0 saturated carbocycles. The van der Waals surface area contributed by atoms with Crippen molar-refractivity contribution in [3.05, 3.63) is 52.5 Å². The highest BCUT2D eigenvalue weighted by atomic mass is 35.5. The van der Waals surface area contributed by atoms with E-state index >= 15 is 0 Å². The van der Waals surface area contributed by atoms with Crippen LogP contribution in [0.15, 0.2) is 41.4 Å². The van der Waals surface area contributed by atoms with Gasteiger partial charge in [0.15, 0.2) is 5.75 Å². The van der Waals surface area contributed by atoms with Crippen LogP contribution in [0.3, 0.4) is 0 Å². The Hall–Kier alpha value is -2.57. The highest BCUT2D eigenvalue weighted by molar-refractivity contribution is 6.30. The van der Waals surface area contributed by atoms with Crippen LogP contribution >= 0.6 is 11.6 Å². The van der Waals surface area contributed by atoms with E-state index in [1.54, 1.807) is 19.9 Å². The number of fused-ring (bicyclic) bond motifs is 2. The fourth-order valence-corrected chi connectivity index (χ4v) is 4.27. The number of ether oxygens (including phenoxy) is 1. The lowest BCUT2D eigenvalue weighted by Crippen LogP contribution is -2.52. The number of aliphatic imine (C=N–C) groups is 1. The lowest BCUT2D eigenvalue weighted by molar-refractivity contribution is -0.148. The van der Waals surface area contributed by atoms with E-state index in [2.05, 4.69) is 41.8 Å². The van der Waals surface area contributed by atoms with Crippen LogP contribution in [-0.4, -0.2) is 59.4 Å². The number of halogens is 1. The first-order valence-corrected chi connectivity index (χ1v) is 11.4. The Morgan fingerprint density at radius 2 is 1.84 bits per heavy atom. The van der Waals surface area contributed by atoms with Gasteiger partial charge >= 0.3 is 5.97 Å². The van der Waals surface area contributed by atoms with Crippen LogP contribution in [-0.2, 0) is 4.79 Å². The second-order valence-electron chi connectivity index (χ2n) is 9.51. The van der Waals surface area contributed by atoms with Crippen LogP contribution in [0.2, 0.25) is 5.02 Å². The molecule has 1 N–H and O–H groups in total. The van der Waals surface area contributed by atoms with E-state index in [9.17, 15) is 9.90 Å². The molecule has 4 rings (SSSR count). The number of hydrogen-bond donors (Lipinski definition) is 1. The van der Waals surface area contributed by atoms with Crippen molar-refractivity contribution in [2.45, 2.75) is 33.6 Å². The molecule has 1 fully saturated rings. The smallest absolute Gasteiger partial charge is 0.310 e. The molecule has 32 heavy (non-hydrogen) atoms. The molecule has 0 aromatic heterocycles. The highest BCUT2D eigenvalue weighted by Gasteiger charge is 2.32. The third-order valence-electron chi connectivity index (χ3n) is 6.15. The summed E-state index contributed by atoms with van der Waals surface area (Å²) in [6.45, 7) is 11.5. The summed E-state index contributed by atoms with van der Waals surface area (Å²) in [5, 5.41) is 10.1. The normalized spacial score (nSPS) is 16.7. The number of nitrogens with zero attached hydrogens (tertiary/aromatic N) is 3. The first kappa shape index (κ1) is 22.6. The zero-order chi connectivity index (χ0) is 23.0. The number of rotatable bonds is 4. The zero-order valence-corrected chi connectivity index (χ0v) is 19.8. The average Bonchev–Trinajstić information content (AvgIpc) is 2.89. The monoisotopic (exact) mass is 455 g/mol. The van der Waals surface area contributed by atoms with Gasteiger partial charge in [-0.2, -0.15) is 0 Å². The SMILES string of the molecule is CC(C)c1ccc2c(c1)Oc1cc(Cl)ccc1N=C2N1CCN(CC(C)(C)C(=O)O)CC1. The first-order chi connectivity index (χ1) is 15.1. The molecule has 2 aliphatic heterocycles. The molecule has 0 atom stereocenters. The molecule has 0 spiro atoms. The van der Waals surface area contributed by atoms with Crippen molar-refractivity contribution in [1.82, 2.24) is 9.80 Å². The van der Waals surface area contributed by atoms with E-state index < -0.39 is 11.4 Å². The van der Waals surface area contributed by atoms with Crippen LogP contribution < -0.4 is 4.74 Å². The average molecular weight is 456 g/mol. The largest absolute Gasteiger partial charge is 0.481 e. The van der Waals surface area contributed by atoms with Gasteiger partial charge in [-0.1, -0.05) is 31.5 Å². The van der Waals surface area contributed by atoms with E-state index in [0.717, 1.165) is 49.0 Å². The minimum atomic E-state index is -0.770. The number of carboxylic acids is 1. The molecule has 2 aromatic carbocycles. The Bertz CT molecular complexity index is 1060. The molecule has 6 nitrogen and oxygen atoms in total. The molecule has 2 aliphatic rings. The third kappa shape index (κ3) is 4.62. The molecule has 2 heterocycles. The molecule has 0 aliphatic carbocycles. The van der Waals surface area contributed by atoms with Crippen molar-refractivity contribution in [2.24, 2.45) is 10.4 Å². The zero-order valence-electron chi connectivity index (χ0n) is 19.1. The van der Waals surface area contributed by atoms with Crippen molar-refractivity contribution < 1.29 is 14.6 Å². The molecule has 7 heteroatoms. The molecule has 2 aromatic rings. The number of carboxylic acid groups (broad SMARTS) is 1. The minimum Gasteiger partial charge on any atom is -0.481 e. The summed E-state index contributed by atoms with van der Waals surface area (Å²) in [4.78, 5) is 21.0. The highest BCUT2D eigenvalue weighted by Crippen LogP contribution is 2.40. The predicted octanol–water partition coefficient (Wildman–Crippen LogP) is 5.38. The number of amidine groups is 1. The summed E-state index contributed by atoms with van der Waals surface area (Å²) in [6.07, 6.45) is 0. The topological polar surface area (TPSA) is 65.4 Å². The molecule has 0 bridgehead atoms. The quantitative estimate of drug-likeness (QED) is 0.670. The molecule has 170 valence electrons. The van der Waals surface area contributed by atoms with E-state index in [4.69, 9.17) is 21.3 Å². The fourth-order valence-electron chi connectivity index (χ4n) is 4.11. The van der Waals surface area contributed by atoms with Crippen LogP contribution in [0.1, 0.15) is 44.7 Å². The van der Waals surface area contributed by atoms with Gasteiger partial charge in [0, 0.05) is 43.8 Å². The Balaban J connectivity index is 1.64. The van der Waals surface area contributed by atoms with E-state index in [0.29, 0.717) is 23.2 Å². The van der Waals surface area contributed by atoms with Gasteiger partial charge < -0.3 is 14.7 Å². The van der Waals surface area contributed by atoms with Crippen LogP contribution in [0, 0.1) is 5.41 Å². The number of hydrogen-bond acceptors (Lipinski definition) is 5. The van der Waals surface area contributed by atoms with Gasteiger partial charge in [0.2, 0.25) is 0 Å². The predicted molar refractivity (Wildman–Crippen MR) is 128 cm³/mol. The van der Waals surface area contributed by atoms with Gasteiger partial charge in [0.1, 0.15) is 17.3 Å². The standard InChI is InChI=1S/C25H30ClN3O3/c1-16(2)17-5-7-19-21(13-17)32-22-14-18(26)6-8-20(22)27-23(19)29-11-9-28(10-12-29)15-25(3,4)24(30)31/h5-8,13-14,16H,9-12,15H2,1-4H3,(H,30,31). The molecule has 0 radical (unpaired) electrons. The van der Waals surface area contributed by atoms with Gasteiger partial charge in [-0.15, -0.1) is 0 Å². The Kier molecular flexibility index (Phi) is 6.19. The minimum absolute atomic E-state index is 0.382. The van der Waals surface area contributed by atoms with E-state index in [1.165, 1.54) is 5.56 Å². The first-order valence-electron chi connectivity index (χ1n) is 11.0. The van der Waals surface area contributed by atoms with Gasteiger partial charge in [-0.05, 0) is 49.6 Å². The van der Waals surface area contributed by atoms with Gasteiger partial charge in [0.05, 0.1) is 11.0 Å². The third-order valence-corrected chi connectivity index (χ3v) is 6.39. The maximum Gasteiger partial charge on any atom is 0.310 e. The van der Waals surface area contributed by atoms with Crippen molar-refractivity contribution >= 4 is 29.1 Å². The van der Waals surface area contributed by atoms with E-state index in [-0.39, 0.29) is 0 Å². The molecular weight excluding hydrogens is 426 g/mol. The second-order valence-corrected chi connectivity index (χ2v) is 9.95. The molecule has 0 unspecified atom stereocenters. The maximum atomic E-state index is 11.5. The fraction of sp³-hybridized carbons (Fsp3) is 0.440. The van der Waals surface area contributed by atoms with Gasteiger partial charge in [-0.3, -0.25) is 9.69 Å². The van der Waals surface area contributed by atoms with Crippen molar-refractivity contribution in [2.75, 3.05) is 32.7 Å². The Morgan fingerprint density at radius 3 is 2.50 bits per heavy atom. The summed E-state index contributed by atoms with van der Waals surface area (Å²) in [5.74, 6) is 1.93. The Morgan fingerprint density at radius 1 is 1.12 bits per heavy atom. The number of aliphatic carboxylic acids is 1. The van der Waals surface area contributed by atoms with Crippen LogP contribution in [0.4, 0.5) is 5.69 Å². The summed E-state index contributed by atoms with van der Waals surface area (Å²) in [6, 6.07) is 11.8. The second kappa shape index (κ2) is 8.75. The molecule has 0 amide bonds. The lowest BCUT2D eigenvalue weighted by Gasteiger charge is -2.39. The van der Waals surface area contributed by atoms with Crippen molar-refractivity contribution in [3.63, 3.8) is 0 Å². The Labute approximate surface area is 194 Å². The lowest BCUT2D eigenvalue weighted by atomic mass is 9.93. The number of benzene rings is 2. The van der Waals surface area contributed by atoms with E-state index in [1.807, 2.05) is 12.1 Å².